The highest BCUT2D eigenvalue weighted by Crippen LogP contribution is 2.28. The molecule has 1 aromatic heterocycles. The van der Waals surface area contributed by atoms with Crippen molar-refractivity contribution < 1.29 is 4.74 Å². The van der Waals surface area contributed by atoms with Crippen LogP contribution in [0.4, 0.5) is 0 Å². The van der Waals surface area contributed by atoms with Gasteiger partial charge in [-0.25, -0.2) is 4.98 Å². The molecule has 0 radical (unpaired) electrons. The van der Waals surface area contributed by atoms with E-state index in [0.717, 1.165) is 22.4 Å². The molecule has 1 aliphatic heterocycles. The summed E-state index contributed by atoms with van der Waals surface area (Å²) in [5.41, 5.74) is 6.10. The summed E-state index contributed by atoms with van der Waals surface area (Å²) in [4.78, 5) is 4.70. The number of fused-ring (bicyclic) bond motifs is 2. The minimum Gasteiger partial charge on any atom is -0.372 e. The van der Waals surface area contributed by atoms with Gasteiger partial charge < -0.3 is 9.30 Å². The largest absolute Gasteiger partial charge is 0.372 e. The number of aryl methyl sites for hydroxylation is 1. The molecule has 4 rings (SSSR count). The van der Waals surface area contributed by atoms with Gasteiger partial charge in [0.1, 0.15) is 5.82 Å². The molecule has 0 atom stereocenters. The molecule has 0 unspecified atom stereocenters. The lowest BCUT2D eigenvalue weighted by Crippen LogP contribution is -1.94. The van der Waals surface area contributed by atoms with Crippen LogP contribution >= 0.6 is 0 Å². The summed E-state index contributed by atoms with van der Waals surface area (Å²) in [6, 6.07) is 14.1. The molecule has 1 aliphatic rings. The van der Waals surface area contributed by atoms with Crippen molar-refractivity contribution in [2.45, 2.75) is 13.2 Å². The molecule has 0 N–H and O–H groups in total. The van der Waals surface area contributed by atoms with E-state index in [9.17, 15) is 0 Å². The predicted octanol–water partition coefficient (Wildman–Crippen LogP) is 3.14. The van der Waals surface area contributed by atoms with Gasteiger partial charge in [-0.15, -0.1) is 0 Å². The maximum atomic E-state index is 9.02. The molecule has 0 aliphatic carbocycles. The Labute approximate surface area is 122 Å². The Balaban J connectivity index is 1.91. The number of benzene rings is 2. The Kier molecular flexibility index (Phi) is 2.56. The van der Waals surface area contributed by atoms with Crippen molar-refractivity contribution in [2.75, 3.05) is 0 Å². The fourth-order valence-electron chi connectivity index (χ4n) is 2.83. The highest BCUT2D eigenvalue weighted by molar-refractivity contribution is 5.82. The van der Waals surface area contributed by atoms with Crippen LogP contribution in [0.25, 0.3) is 22.4 Å². The summed E-state index contributed by atoms with van der Waals surface area (Å²) in [5.74, 6) is 0.912. The molecule has 21 heavy (non-hydrogen) atoms. The van der Waals surface area contributed by atoms with Crippen LogP contribution in [0.5, 0.6) is 0 Å². The van der Waals surface area contributed by atoms with Gasteiger partial charge in [0.25, 0.3) is 0 Å². The van der Waals surface area contributed by atoms with Crippen LogP contribution in [0.15, 0.2) is 36.4 Å². The molecule has 0 amide bonds. The lowest BCUT2D eigenvalue weighted by molar-refractivity contribution is 0.134. The Morgan fingerprint density at radius 2 is 2.00 bits per heavy atom. The molecular formula is C17H13N3O. The van der Waals surface area contributed by atoms with Crippen molar-refractivity contribution in [3.63, 3.8) is 0 Å². The van der Waals surface area contributed by atoms with Crippen molar-refractivity contribution >= 4 is 11.0 Å². The van der Waals surface area contributed by atoms with Crippen LogP contribution in [0.1, 0.15) is 16.7 Å². The SMILES string of the molecule is Cn1c(-c2ccc3c(c2)COC3)nc2ccc(C#N)cc21. The molecule has 2 heterocycles. The standard InChI is InChI=1S/C17H13N3O/c1-20-16-6-11(8-18)2-5-15(16)19-17(20)12-3-4-13-9-21-10-14(13)7-12/h2-7H,9-10H2,1H3. The number of hydrogen-bond acceptors (Lipinski definition) is 3. The van der Waals surface area contributed by atoms with E-state index in [1.807, 2.05) is 23.7 Å². The van der Waals surface area contributed by atoms with Gasteiger partial charge in [-0.05, 0) is 35.4 Å². The summed E-state index contributed by atoms with van der Waals surface area (Å²) in [5, 5.41) is 9.02. The normalized spacial score (nSPS) is 13.3. The minimum absolute atomic E-state index is 0.652. The molecule has 4 heteroatoms. The maximum Gasteiger partial charge on any atom is 0.140 e. The van der Waals surface area contributed by atoms with Gasteiger partial charge in [0, 0.05) is 12.6 Å². The molecule has 2 aromatic carbocycles. The molecule has 0 fully saturated rings. The number of aromatic nitrogens is 2. The van der Waals surface area contributed by atoms with Crippen molar-refractivity contribution in [3.05, 3.63) is 53.1 Å². The van der Waals surface area contributed by atoms with E-state index in [4.69, 9.17) is 15.0 Å². The molecule has 0 saturated carbocycles. The van der Waals surface area contributed by atoms with Crippen molar-refractivity contribution in [1.29, 1.82) is 5.26 Å². The molecule has 4 nitrogen and oxygen atoms in total. The first-order chi connectivity index (χ1) is 10.3. The summed E-state index contributed by atoms with van der Waals surface area (Å²) in [6.45, 7) is 1.37. The van der Waals surface area contributed by atoms with Gasteiger partial charge in [0.2, 0.25) is 0 Å². The quantitative estimate of drug-likeness (QED) is 0.685. The lowest BCUT2D eigenvalue weighted by Gasteiger charge is -2.04. The Morgan fingerprint density at radius 1 is 1.14 bits per heavy atom. The maximum absolute atomic E-state index is 9.02. The van der Waals surface area contributed by atoms with Crippen LogP contribution < -0.4 is 0 Å². The molecule has 0 spiro atoms. The number of imidazole rings is 1. The first kappa shape index (κ1) is 12.1. The van der Waals surface area contributed by atoms with Gasteiger partial charge in [-0.3, -0.25) is 0 Å². The van der Waals surface area contributed by atoms with Gasteiger partial charge >= 0.3 is 0 Å². The fourth-order valence-corrected chi connectivity index (χ4v) is 2.83. The van der Waals surface area contributed by atoms with E-state index in [2.05, 4.69) is 24.3 Å². The highest BCUT2D eigenvalue weighted by Gasteiger charge is 2.15. The Morgan fingerprint density at radius 3 is 2.86 bits per heavy atom. The summed E-state index contributed by atoms with van der Waals surface area (Å²) >= 11 is 0. The first-order valence-corrected chi connectivity index (χ1v) is 6.83. The van der Waals surface area contributed by atoms with Gasteiger partial charge in [-0.2, -0.15) is 5.26 Å². The lowest BCUT2D eigenvalue weighted by atomic mass is 10.1. The molecule has 102 valence electrons. The smallest absolute Gasteiger partial charge is 0.140 e. The average molecular weight is 275 g/mol. The molecular weight excluding hydrogens is 262 g/mol. The van der Waals surface area contributed by atoms with Gasteiger partial charge in [-0.1, -0.05) is 12.1 Å². The van der Waals surface area contributed by atoms with Crippen molar-refractivity contribution in [1.82, 2.24) is 9.55 Å². The number of nitrogens with zero attached hydrogens (tertiary/aromatic N) is 3. The molecule has 0 saturated heterocycles. The topological polar surface area (TPSA) is 50.8 Å². The van der Waals surface area contributed by atoms with Crippen LogP contribution in [0.2, 0.25) is 0 Å². The Bertz CT molecular complexity index is 902. The summed E-state index contributed by atoms with van der Waals surface area (Å²) in [6.07, 6.45) is 0. The Hall–Kier alpha value is -2.64. The second-order valence-corrected chi connectivity index (χ2v) is 5.29. The van der Waals surface area contributed by atoms with Gasteiger partial charge in [0.05, 0.1) is 35.9 Å². The predicted molar refractivity (Wildman–Crippen MR) is 79.4 cm³/mol. The van der Waals surface area contributed by atoms with E-state index in [1.165, 1.54) is 11.1 Å². The number of ether oxygens (including phenoxy) is 1. The third-order valence-corrected chi connectivity index (χ3v) is 3.99. The van der Waals surface area contributed by atoms with E-state index in [1.54, 1.807) is 6.07 Å². The monoisotopic (exact) mass is 275 g/mol. The van der Waals surface area contributed by atoms with Crippen LogP contribution in [-0.4, -0.2) is 9.55 Å². The minimum atomic E-state index is 0.652. The van der Waals surface area contributed by atoms with Crippen LogP contribution in [0.3, 0.4) is 0 Å². The third kappa shape index (κ3) is 1.83. The zero-order valence-corrected chi connectivity index (χ0v) is 11.6. The summed E-state index contributed by atoms with van der Waals surface area (Å²) in [7, 11) is 1.98. The molecule has 0 bridgehead atoms. The second kappa shape index (κ2) is 4.44. The third-order valence-electron chi connectivity index (χ3n) is 3.99. The van der Waals surface area contributed by atoms with Crippen LogP contribution in [-0.2, 0) is 25.0 Å². The first-order valence-electron chi connectivity index (χ1n) is 6.83. The van der Waals surface area contributed by atoms with E-state index in [-0.39, 0.29) is 0 Å². The molecule has 3 aromatic rings. The van der Waals surface area contributed by atoms with Crippen LogP contribution in [0, 0.1) is 11.3 Å². The van der Waals surface area contributed by atoms with Crippen molar-refractivity contribution in [3.8, 4) is 17.5 Å². The number of rotatable bonds is 1. The fraction of sp³-hybridized carbons (Fsp3) is 0.176. The number of nitriles is 1. The van der Waals surface area contributed by atoms with Gasteiger partial charge in [0.15, 0.2) is 0 Å². The second-order valence-electron chi connectivity index (χ2n) is 5.29. The van der Waals surface area contributed by atoms with E-state index < -0.39 is 0 Å². The zero-order valence-electron chi connectivity index (χ0n) is 11.6. The number of hydrogen-bond donors (Lipinski definition) is 0. The van der Waals surface area contributed by atoms with E-state index in [0.29, 0.717) is 18.8 Å². The average Bonchev–Trinajstić information content (AvgIpc) is 3.11. The highest BCUT2D eigenvalue weighted by atomic mass is 16.5. The van der Waals surface area contributed by atoms with Crippen molar-refractivity contribution in [2.24, 2.45) is 7.05 Å². The zero-order chi connectivity index (χ0) is 14.4. The summed E-state index contributed by atoms with van der Waals surface area (Å²) < 4.78 is 7.50. The van der Waals surface area contributed by atoms with E-state index >= 15 is 0 Å².